The van der Waals surface area contributed by atoms with E-state index in [9.17, 15) is 9.18 Å². The molecule has 3 nitrogen and oxygen atoms in total. The zero-order chi connectivity index (χ0) is 15.0. The van der Waals surface area contributed by atoms with E-state index in [4.69, 9.17) is 16.9 Å². The van der Waals surface area contributed by atoms with E-state index in [0.717, 1.165) is 11.6 Å². The van der Waals surface area contributed by atoms with E-state index in [1.807, 2.05) is 6.07 Å². The Hall–Kier alpha value is -2.64. The van der Waals surface area contributed by atoms with Crippen LogP contribution in [0.15, 0.2) is 42.6 Å². The number of aromatic amines is 1. The highest BCUT2D eigenvalue weighted by Crippen LogP contribution is 2.24. The summed E-state index contributed by atoms with van der Waals surface area (Å²) in [5.74, 6) is -0.966. The van der Waals surface area contributed by atoms with Gasteiger partial charge >= 0.3 is 0 Å². The van der Waals surface area contributed by atoms with Gasteiger partial charge in [-0.05, 0) is 36.4 Å². The number of ketones is 1. The Kier molecular flexibility index (Phi) is 3.20. The Morgan fingerprint density at radius 3 is 2.76 bits per heavy atom. The molecule has 3 aromatic rings. The largest absolute Gasteiger partial charge is 0.360 e. The molecule has 5 heteroatoms. The third-order valence-electron chi connectivity index (χ3n) is 3.24. The summed E-state index contributed by atoms with van der Waals surface area (Å²) in [5.41, 5.74) is 1.80. The van der Waals surface area contributed by atoms with E-state index in [0.29, 0.717) is 16.5 Å². The Bertz CT molecular complexity index is 908. The van der Waals surface area contributed by atoms with E-state index < -0.39 is 5.82 Å². The van der Waals surface area contributed by atoms with Gasteiger partial charge in [-0.1, -0.05) is 11.6 Å². The number of carbonyl (C=O) groups is 1. The highest BCUT2D eigenvalue weighted by atomic mass is 35.5. The summed E-state index contributed by atoms with van der Waals surface area (Å²) in [5, 5.41) is 9.54. The van der Waals surface area contributed by atoms with Crippen molar-refractivity contribution in [1.82, 2.24) is 4.98 Å². The minimum Gasteiger partial charge on any atom is -0.360 e. The lowest BCUT2D eigenvalue weighted by Crippen LogP contribution is -2.01. The number of aromatic nitrogens is 1. The molecule has 0 aliphatic carbocycles. The van der Waals surface area contributed by atoms with Gasteiger partial charge in [-0.3, -0.25) is 4.79 Å². The molecular weight excluding hydrogens is 291 g/mol. The lowest BCUT2D eigenvalue weighted by molar-refractivity contribution is 0.104. The third kappa shape index (κ3) is 2.28. The molecule has 1 N–H and O–H groups in total. The fourth-order valence-corrected chi connectivity index (χ4v) is 2.29. The van der Waals surface area contributed by atoms with Gasteiger partial charge in [0.05, 0.1) is 16.7 Å². The molecule has 21 heavy (non-hydrogen) atoms. The molecular formula is C16H8ClFN2O. The van der Waals surface area contributed by atoms with Crippen molar-refractivity contribution in [3.05, 3.63) is 70.1 Å². The number of rotatable bonds is 2. The third-order valence-corrected chi connectivity index (χ3v) is 3.54. The topological polar surface area (TPSA) is 56.6 Å². The van der Waals surface area contributed by atoms with Gasteiger partial charge in [0.25, 0.3) is 0 Å². The predicted octanol–water partition coefficient (Wildman–Crippen LogP) is 4.06. The number of H-pyrrole nitrogens is 1. The molecule has 0 radical (unpaired) electrons. The van der Waals surface area contributed by atoms with Gasteiger partial charge in [0, 0.05) is 28.2 Å². The highest BCUT2D eigenvalue weighted by molar-refractivity contribution is 6.31. The molecule has 0 bridgehead atoms. The number of halogens is 2. The van der Waals surface area contributed by atoms with Gasteiger partial charge < -0.3 is 4.98 Å². The summed E-state index contributed by atoms with van der Waals surface area (Å²) in [4.78, 5) is 15.4. The second kappa shape index (κ2) is 5.04. The average Bonchev–Trinajstić information content (AvgIpc) is 2.92. The molecule has 0 spiro atoms. The van der Waals surface area contributed by atoms with Crippen molar-refractivity contribution in [2.75, 3.05) is 0 Å². The smallest absolute Gasteiger partial charge is 0.195 e. The number of carbonyl (C=O) groups excluding carboxylic acids is 1. The maximum atomic E-state index is 13.5. The van der Waals surface area contributed by atoms with Crippen molar-refractivity contribution < 1.29 is 9.18 Å². The summed E-state index contributed by atoms with van der Waals surface area (Å²) in [6.07, 6.45) is 1.56. The van der Waals surface area contributed by atoms with Crippen LogP contribution in [0.2, 0.25) is 5.02 Å². The monoisotopic (exact) mass is 298 g/mol. The summed E-state index contributed by atoms with van der Waals surface area (Å²) < 4.78 is 13.5. The molecule has 0 saturated carbocycles. The van der Waals surface area contributed by atoms with Crippen LogP contribution in [0.4, 0.5) is 4.39 Å². The molecule has 1 aromatic heterocycles. The quantitative estimate of drug-likeness (QED) is 0.725. The first-order chi connectivity index (χ1) is 10.1. The minimum absolute atomic E-state index is 0.0303. The molecule has 1 heterocycles. The zero-order valence-electron chi connectivity index (χ0n) is 10.7. The Balaban J connectivity index is 2.13. The number of hydrogen-bond donors (Lipinski definition) is 1. The maximum Gasteiger partial charge on any atom is 0.195 e. The Labute approximate surface area is 124 Å². The first-order valence-electron chi connectivity index (χ1n) is 6.11. The summed E-state index contributed by atoms with van der Waals surface area (Å²) >= 11 is 5.62. The molecule has 0 unspecified atom stereocenters. The van der Waals surface area contributed by atoms with Crippen LogP contribution in [0, 0.1) is 17.1 Å². The zero-order valence-corrected chi connectivity index (χ0v) is 11.4. The van der Waals surface area contributed by atoms with Gasteiger partial charge in [-0.15, -0.1) is 0 Å². The van der Waals surface area contributed by atoms with Crippen LogP contribution in [0.3, 0.4) is 0 Å². The molecule has 0 fully saturated rings. The highest BCUT2D eigenvalue weighted by Gasteiger charge is 2.16. The number of hydrogen-bond acceptors (Lipinski definition) is 2. The summed E-state index contributed by atoms with van der Waals surface area (Å²) in [7, 11) is 0. The molecule has 0 atom stereocenters. The van der Waals surface area contributed by atoms with Crippen LogP contribution >= 0.6 is 11.6 Å². The molecule has 102 valence electrons. The first kappa shape index (κ1) is 13.3. The van der Waals surface area contributed by atoms with Crippen molar-refractivity contribution in [3.63, 3.8) is 0 Å². The molecule has 0 aliphatic rings. The van der Waals surface area contributed by atoms with Gasteiger partial charge in [0.2, 0.25) is 0 Å². The second-order valence-electron chi connectivity index (χ2n) is 4.53. The van der Waals surface area contributed by atoms with Gasteiger partial charge in [-0.25, -0.2) is 4.39 Å². The molecule has 0 amide bonds. The summed E-state index contributed by atoms with van der Waals surface area (Å²) in [6, 6.07) is 11.0. The normalized spacial score (nSPS) is 10.5. The second-order valence-corrected chi connectivity index (χ2v) is 4.94. The van der Waals surface area contributed by atoms with E-state index in [1.165, 1.54) is 12.1 Å². The fourth-order valence-electron chi connectivity index (χ4n) is 2.17. The van der Waals surface area contributed by atoms with Crippen LogP contribution in [-0.4, -0.2) is 10.8 Å². The lowest BCUT2D eigenvalue weighted by Gasteiger charge is -2.01. The van der Waals surface area contributed by atoms with Crippen LogP contribution in [0.1, 0.15) is 21.5 Å². The Morgan fingerprint density at radius 2 is 2.05 bits per heavy atom. The average molecular weight is 299 g/mol. The number of nitrogens with one attached hydrogen (secondary N) is 1. The SMILES string of the molecule is N#Cc1ccc2[nH]cc(C(=O)c3ccc(Cl)c(F)c3)c2c1. The van der Waals surface area contributed by atoms with E-state index >= 15 is 0 Å². The van der Waals surface area contributed by atoms with Crippen LogP contribution < -0.4 is 0 Å². The van der Waals surface area contributed by atoms with Crippen LogP contribution in [0.25, 0.3) is 10.9 Å². The molecule has 0 saturated heterocycles. The standard InChI is InChI=1S/C16H8ClFN2O/c17-13-3-2-10(6-14(13)18)16(21)12-8-20-15-4-1-9(7-19)5-11(12)15/h1-6,8,20H. The van der Waals surface area contributed by atoms with Crippen molar-refractivity contribution in [2.24, 2.45) is 0 Å². The van der Waals surface area contributed by atoms with E-state index in [1.54, 1.807) is 24.4 Å². The summed E-state index contributed by atoms with van der Waals surface area (Å²) in [6.45, 7) is 0. The fraction of sp³-hybridized carbons (Fsp3) is 0. The van der Waals surface area contributed by atoms with E-state index in [-0.39, 0.29) is 16.4 Å². The van der Waals surface area contributed by atoms with E-state index in [2.05, 4.69) is 4.98 Å². The van der Waals surface area contributed by atoms with Crippen molar-refractivity contribution in [1.29, 1.82) is 5.26 Å². The number of nitrogens with zero attached hydrogens (tertiary/aromatic N) is 1. The molecule has 3 rings (SSSR count). The first-order valence-corrected chi connectivity index (χ1v) is 6.49. The van der Waals surface area contributed by atoms with Gasteiger partial charge in [-0.2, -0.15) is 5.26 Å². The number of benzene rings is 2. The van der Waals surface area contributed by atoms with Gasteiger partial charge in [0.15, 0.2) is 5.78 Å². The Morgan fingerprint density at radius 1 is 1.24 bits per heavy atom. The predicted molar refractivity (Wildman–Crippen MR) is 77.9 cm³/mol. The van der Waals surface area contributed by atoms with Crippen molar-refractivity contribution >= 4 is 28.3 Å². The van der Waals surface area contributed by atoms with Crippen LogP contribution in [0.5, 0.6) is 0 Å². The maximum absolute atomic E-state index is 13.5. The molecule has 0 aliphatic heterocycles. The van der Waals surface area contributed by atoms with Crippen LogP contribution in [-0.2, 0) is 0 Å². The number of nitriles is 1. The minimum atomic E-state index is -0.639. The van der Waals surface area contributed by atoms with Gasteiger partial charge in [0.1, 0.15) is 5.82 Å². The number of fused-ring (bicyclic) bond motifs is 1. The lowest BCUT2D eigenvalue weighted by atomic mass is 10.0. The van der Waals surface area contributed by atoms with Crippen molar-refractivity contribution in [3.8, 4) is 6.07 Å². The van der Waals surface area contributed by atoms with Crippen molar-refractivity contribution in [2.45, 2.75) is 0 Å². The molecule has 2 aromatic carbocycles.